The van der Waals surface area contributed by atoms with E-state index in [1.54, 1.807) is 17.8 Å². The van der Waals surface area contributed by atoms with Crippen LogP contribution in [-0.4, -0.2) is 5.54 Å². The highest BCUT2D eigenvalue weighted by molar-refractivity contribution is 7.98. The molecule has 0 radical (unpaired) electrons. The molecule has 21 heavy (non-hydrogen) atoms. The molecule has 0 unspecified atom stereocenters. The Morgan fingerprint density at radius 2 is 1.71 bits per heavy atom. The summed E-state index contributed by atoms with van der Waals surface area (Å²) in [5.74, 6) is 0.720. The summed E-state index contributed by atoms with van der Waals surface area (Å²) < 4.78 is 14.1. The van der Waals surface area contributed by atoms with E-state index < -0.39 is 0 Å². The molecular formula is C18H22FNS. The van der Waals surface area contributed by atoms with Crippen LogP contribution in [0.5, 0.6) is 0 Å². The molecule has 0 aromatic heterocycles. The Balaban J connectivity index is 2.10. The van der Waals surface area contributed by atoms with E-state index in [4.69, 9.17) is 0 Å². The SMILES string of the molecule is CC(C)(C)NCc1c(F)cccc1SCc1ccccc1. The molecule has 1 N–H and O–H groups in total. The highest BCUT2D eigenvalue weighted by Gasteiger charge is 2.13. The molecule has 0 saturated heterocycles. The van der Waals surface area contributed by atoms with Gasteiger partial charge in [-0.2, -0.15) is 0 Å². The van der Waals surface area contributed by atoms with Crippen LogP contribution in [0.3, 0.4) is 0 Å². The lowest BCUT2D eigenvalue weighted by Crippen LogP contribution is -2.35. The highest BCUT2D eigenvalue weighted by Crippen LogP contribution is 2.28. The lowest BCUT2D eigenvalue weighted by molar-refractivity contribution is 0.416. The van der Waals surface area contributed by atoms with Gasteiger partial charge in [-0.25, -0.2) is 4.39 Å². The van der Waals surface area contributed by atoms with Gasteiger partial charge in [0, 0.05) is 28.3 Å². The summed E-state index contributed by atoms with van der Waals surface area (Å²) in [4.78, 5) is 1.01. The number of halogens is 1. The molecule has 112 valence electrons. The molecule has 1 nitrogen and oxygen atoms in total. The molecule has 0 atom stereocenters. The predicted octanol–water partition coefficient (Wildman–Crippen LogP) is 5.01. The first-order valence-electron chi connectivity index (χ1n) is 7.15. The first kappa shape index (κ1) is 16.1. The second-order valence-corrected chi connectivity index (χ2v) is 7.11. The quantitative estimate of drug-likeness (QED) is 0.780. The molecule has 0 bridgehead atoms. The molecule has 0 spiro atoms. The predicted molar refractivity (Wildman–Crippen MR) is 89.0 cm³/mol. The van der Waals surface area contributed by atoms with Gasteiger partial charge in [0.15, 0.2) is 0 Å². The van der Waals surface area contributed by atoms with E-state index in [9.17, 15) is 4.39 Å². The summed E-state index contributed by atoms with van der Waals surface area (Å²) in [6.45, 7) is 6.81. The van der Waals surface area contributed by atoms with Crippen molar-refractivity contribution in [1.29, 1.82) is 0 Å². The fourth-order valence-corrected chi connectivity index (χ4v) is 2.97. The van der Waals surface area contributed by atoms with Crippen LogP contribution in [0.4, 0.5) is 4.39 Å². The first-order valence-corrected chi connectivity index (χ1v) is 8.13. The molecule has 2 aromatic carbocycles. The van der Waals surface area contributed by atoms with Gasteiger partial charge in [0.25, 0.3) is 0 Å². The second kappa shape index (κ2) is 7.10. The van der Waals surface area contributed by atoms with Gasteiger partial charge >= 0.3 is 0 Å². The Kier molecular flexibility index (Phi) is 5.43. The van der Waals surface area contributed by atoms with Crippen LogP contribution >= 0.6 is 11.8 Å². The van der Waals surface area contributed by atoms with Gasteiger partial charge < -0.3 is 5.32 Å². The minimum absolute atomic E-state index is 0.0242. The van der Waals surface area contributed by atoms with E-state index >= 15 is 0 Å². The van der Waals surface area contributed by atoms with Crippen molar-refractivity contribution in [3.05, 3.63) is 65.5 Å². The lowest BCUT2D eigenvalue weighted by atomic mass is 10.1. The van der Waals surface area contributed by atoms with Crippen LogP contribution in [0.25, 0.3) is 0 Å². The maximum atomic E-state index is 14.1. The van der Waals surface area contributed by atoms with Gasteiger partial charge in [0.05, 0.1) is 0 Å². The fraction of sp³-hybridized carbons (Fsp3) is 0.333. The van der Waals surface area contributed by atoms with Crippen molar-refractivity contribution in [2.24, 2.45) is 0 Å². The Morgan fingerprint density at radius 1 is 1.00 bits per heavy atom. The smallest absolute Gasteiger partial charge is 0.128 e. The number of hydrogen-bond donors (Lipinski definition) is 1. The summed E-state index contributed by atoms with van der Waals surface area (Å²) in [5.41, 5.74) is 1.98. The van der Waals surface area contributed by atoms with Crippen LogP contribution in [0.2, 0.25) is 0 Å². The molecule has 2 aromatic rings. The van der Waals surface area contributed by atoms with Gasteiger partial charge in [0.2, 0.25) is 0 Å². The van der Waals surface area contributed by atoms with Crippen LogP contribution in [0, 0.1) is 5.82 Å². The molecule has 0 aliphatic rings. The Labute approximate surface area is 131 Å². The molecule has 3 heteroatoms. The van der Waals surface area contributed by atoms with Crippen molar-refractivity contribution >= 4 is 11.8 Å². The van der Waals surface area contributed by atoms with E-state index in [-0.39, 0.29) is 11.4 Å². The second-order valence-electron chi connectivity index (χ2n) is 6.09. The number of benzene rings is 2. The van der Waals surface area contributed by atoms with Crippen molar-refractivity contribution in [3.8, 4) is 0 Å². The average molecular weight is 303 g/mol. The third-order valence-corrected chi connectivity index (χ3v) is 4.28. The van der Waals surface area contributed by atoms with Gasteiger partial charge in [0.1, 0.15) is 5.82 Å². The maximum Gasteiger partial charge on any atom is 0.128 e. The zero-order valence-electron chi connectivity index (χ0n) is 12.8. The lowest BCUT2D eigenvalue weighted by Gasteiger charge is -2.22. The molecule has 0 saturated carbocycles. The maximum absolute atomic E-state index is 14.1. The van der Waals surface area contributed by atoms with Crippen LogP contribution in [0.15, 0.2) is 53.4 Å². The summed E-state index contributed by atoms with van der Waals surface area (Å²) >= 11 is 1.68. The fourth-order valence-electron chi connectivity index (χ4n) is 1.93. The number of rotatable bonds is 5. The van der Waals surface area contributed by atoms with Gasteiger partial charge in [-0.1, -0.05) is 36.4 Å². The largest absolute Gasteiger partial charge is 0.308 e. The third kappa shape index (κ3) is 5.18. The summed E-state index contributed by atoms with van der Waals surface area (Å²) in [6.07, 6.45) is 0. The number of thioether (sulfide) groups is 1. The zero-order chi connectivity index (χ0) is 15.3. The van der Waals surface area contributed by atoms with Crippen molar-refractivity contribution in [2.75, 3.05) is 0 Å². The standard InChI is InChI=1S/C18H22FNS/c1-18(2,3)20-12-15-16(19)10-7-11-17(15)21-13-14-8-5-4-6-9-14/h4-11,20H,12-13H2,1-3H3. The van der Waals surface area contributed by atoms with E-state index in [1.807, 2.05) is 24.3 Å². The van der Waals surface area contributed by atoms with E-state index in [0.29, 0.717) is 6.54 Å². The van der Waals surface area contributed by atoms with Crippen molar-refractivity contribution < 1.29 is 4.39 Å². The Bertz CT molecular complexity index is 576. The number of hydrogen-bond acceptors (Lipinski definition) is 2. The molecule has 0 fully saturated rings. The van der Waals surface area contributed by atoms with E-state index in [1.165, 1.54) is 11.6 Å². The molecule has 0 amide bonds. The molecule has 0 aliphatic carbocycles. The van der Waals surface area contributed by atoms with Crippen LogP contribution in [-0.2, 0) is 12.3 Å². The minimum Gasteiger partial charge on any atom is -0.308 e. The van der Waals surface area contributed by atoms with E-state index in [0.717, 1.165) is 16.2 Å². The van der Waals surface area contributed by atoms with Crippen LogP contribution < -0.4 is 5.32 Å². The van der Waals surface area contributed by atoms with Crippen molar-refractivity contribution in [3.63, 3.8) is 0 Å². The zero-order valence-corrected chi connectivity index (χ0v) is 13.6. The monoisotopic (exact) mass is 303 g/mol. The Hall–Kier alpha value is -1.32. The topological polar surface area (TPSA) is 12.0 Å². The first-order chi connectivity index (χ1) is 9.96. The van der Waals surface area contributed by atoms with Gasteiger partial charge in [-0.15, -0.1) is 11.8 Å². The van der Waals surface area contributed by atoms with Gasteiger partial charge in [-0.05, 0) is 38.5 Å². The summed E-state index contributed by atoms with van der Waals surface area (Å²) in [7, 11) is 0. The highest BCUT2D eigenvalue weighted by atomic mass is 32.2. The van der Waals surface area contributed by atoms with Crippen molar-refractivity contribution in [2.45, 2.75) is 43.5 Å². The third-order valence-electron chi connectivity index (χ3n) is 3.11. The van der Waals surface area contributed by atoms with Crippen LogP contribution in [0.1, 0.15) is 31.9 Å². The van der Waals surface area contributed by atoms with E-state index in [2.05, 4.69) is 38.2 Å². The molecular weight excluding hydrogens is 281 g/mol. The normalized spacial score (nSPS) is 11.6. The minimum atomic E-state index is -0.134. The molecule has 2 rings (SSSR count). The summed E-state index contributed by atoms with van der Waals surface area (Å²) in [6, 6.07) is 15.6. The summed E-state index contributed by atoms with van der Waals surface area (Å²) in [5, 5.41) is 3.36. The van der Waals surface area contributed by atoms with Gasteiger partial charge in [-0.3, -0.25) is 0 Å². The average Bonchev–Trinajstić information content (AvgIpc) is 2.44. The molecule has 0 heterocycles. The molecule has 0 aliphatic heterocycles. The Morgan fingerprint density at radius 3 is 2.38 bits per heavy atom. The number of nitrogens with one attached hydrogen (secondary N) is 1. The van der Waals surface area contributed by atoms with Crippen molar-refractivity contribution in [1.82, 2.24) is 5.32 Å².